The van der Waals surface area contributed by atoms with Crippen LogP contribution in [0.4, 0.5) is 11.6 Å². The number of rotatable bonds is 7. The first-order valence-electron chi connectivity index (χ1n) is 9.08. The van der Waals surface area contributed by atoms with Gasteiger partial charge in [0, 0.05) is 41.7 Å². The molecule has 1 N–H and O–H groups in total. The van der Waals surface area contributed by atoms with Gasteiger partial charge in [-0.25, -0.2) is 9.97 Å². The number of fused-ring (bicyclic) bond motifs is 1. The molecule has 0 saturated carbocycles. The van der Waals surface area contributed by atoms with Crippen LogP contribution in [0.25, 0.3) is 16.7 Å². The monoisotopic (exact) mass is 407 g/mol. The van der Waals surface area contributed by atoms with E-state index < -0.39 is 0 Å². The Morgan fingerprint density at radius 2 is 1.60 bits per heavy atom. The van der Waals surface area contributed by atoms with E-state index >= 15 is 0 Å². The molecule has 0 amide bonds. The summed E-state index contributed by atoms with van der Waals surface area (Å²) in [6.45, 7) is 0. The minimum atomic E-state index is 0.429. The molecule has 3 heterocycles. The molecule has 0 saturated heterocycles. The summed E-state index contributed by atoms with van der Waals surface area (Å²) in [5.74, 6) is 2.57. The summed E-state index contributed by atoms with van der Waals surface area (Å²) in [6.07, 6.45) is 5.41. The molecule has 30 heavy (non-hydrogen) atoms. The third kappa shape index (κ3) is 3.52. The molecular weight excluding hydrogens is 386 g/mol. The van der Waals surface area contributed by atoms with Crippen LogP contribution in [0.15, 0.2) is 48.9 Å². The van der Waals surface area contributed by atoms with Crippen LogP contribution in [-0.4, -0.2) is 48.0 Å². The molecule has 0 bridgehead atoms. The second kappa shape index (κ2) is 8.16. The van der Waals surface area contributed by atoms with E-state index in [-0.39, 0.29) is 0 Å². The Bertz CT molecular complexity index is 1150. The van der Waals surface area contributed by atoms with Crippen molar-refractivity contribution in [3.63, 3.8) is 0 Å². The molecule has 0 fully saturated rings. The van der Waals surface area contributed by atoms with Gasteiger partial charge in [-0.05, 0) is 12.1 Å². The van der Waals surface area contributed by atoms with Gasteiger partial charge in [-0.15, -0.1) is 0 Å². The van der Waals surface area contributed by atoms with E-state index in [2.05, 4.69) is 20.3 Å². The summed E-state index contributed by atoms with van der Waals surface area (Å²) in [5, 5.41) is 4.10. The van der Waals surface area contributed by atoms with Gasteiger partial charge in [0.05, 0.1) is 40.3 Å². The number of nitrogens with one attached hydrogen (secondary N) is 1. The third-order valence-electron chi connectivity index (χ3n) is 4.56. The third-order valence-corrected chi connectivity index (χ3v) is 4.56. The van der Waals surface area contributed by atoms with Gasteiger partial charge >= 0.3 is 0 Å². The van der Waals surface area contributed by atoms with Crippen LogP contribution in [-0.2, 0) is 0 Å². The molecule has 4 aromatic rings. The Kier molecular flexibility index (Phi) is 5.25. The van der Waals surface area contributed by atoms with Crippen LogP contribution < -0.4 is 24.3 Å². The number of benzene rings is 1. The second-order valence-electron chi connectivity index (χ2n) is 6.26. The highest BCUT2D eigenvalue weighted by atomic mass is 16.5. The van der Waals surface area contributed by atoms with Crippen molar-refractivity contribution in [1.82, 2.24) is 19.5 Å². The molecule has 9 nitrogen and oxygen atoms in total. The zero-order valence-electron chi connectivity index (χ0n) is 17.0. The lowest BCUT2D eigenvalue weighted by atomic mass is 10.2. The molecule has 0 unspecified atom stereocenters. The van der Waals surface area contributed by atoms with Crippen LogP contribution in [0.2, 0.25) is 0 Å². The summed E-state index contributed by atoms with van der Waals surface area (Å²) in [7, 11) is 6.28. The molecule has 3 aromatic heterocycles. The van der Waals surface area contributed by atoms with Gasteiger partial charge in [0.1, 0.15) is 5.65 Å². The number of anilines is 2. The van der Waals surface area contributed by atoms with E-state index in [1.165, 1.54) is 0 Å². The average Bonchev–Trinajstić information content (AvgIpc) is 3.21. The number of pyridine rings is 1. The van der Waals surface area contributed by atoms with E-state index in [9.17, 15) is 0 Å². The lowest BCUT2D eigenvalue weighted by molar-refractivity contribution is 0.324. The van der Waals surface area contributed by atoms with E-state index in [1.807, 2.05) is 22.9 Å². The van der Waals surface area contributed by atoms with Gasteiger partial charge in [0.15, 0.2) is 11.5 Å². The molecule has 0 spiro atoms. The normalized spacial score (nSPS) is 10.7. The van der Waals surface area contributed by atoms with Crippen molar-refractivity contribution in [2.24, 2.45) is 0 Å². The largest absolute Gasteiger partial charge is 0.493 e. The van der Waals surface area contributed by atoms with Crippen molar-refractivity contribution in [3.05, 3.63) is 48.9 Å². The van der Waals surface area contributed by atoms with Crippen LogP contribution in [0.3, 0.4) is 0 Å². The molecule has 0 radical (unpaired) electrons. The molecule has 154 valence electrons. The van der Waals surface area contributed by atoms with Crippen molar-refractivity contribution in [2.75, 3.05) is 33.8 Å². The standard InChI is InChI=1S/C21H21N5O4/c1-27-16-9-14(10-17(28-2)19(16)30-4)24-21-23-11-13-7-8-26(20(13)25-21)15-5-6-18(29-3)22-12-15/h5-12H,1-4H3,(H,23,24,25). The fraction of sp³-hybridized carbons (Fsp3) is 0.190. The predicted octanol–water partition coefficient (Wildman–Crippen LogP) is 3.59. The summed E-state index contributed by atoms with van der Waals surface area (Å²) >= 11 is 0. The Morgan fingerprint density at radius 1 is 0.833 bits per heavy atom. The minimum Gasteiger partial charge on any atom is -0.493 e. The van der Waals surface area contributed by atoms with Crippen molar-refractivity contribution >= 4 is 22.7 Å². The number of ether oxygens (including phenoxy) is 4. The fourth-order valence-corrected chi connectivity index (χ4v) is 3.10. The first-order chi connectivity index (χ1) is 14.7. The highest BCUT2D eigenvalue weighted by molar-refractivity contribution is 5.79. The summed E-state index contributed by atoms with van der Waals surface area (Å²) in [5.41, 5.74) is 2.31. The lowest BCUT2D eigenvalue weighted by Gasteiger charge is -2.14. The smallest absolute Gasteiger partial charge is 0.229 e. The predicted molar refractivity (Wildman–Crippen MR) is 113 cm³/mol. The quantitative estimate of drug-likeness (QED) is 0.497. The van der Waals surface area contributed by atoms with Gasteiger partial charge in [0.2, 0.25) is 17.6 Å². The second-order valence-corrected chi connectivity index (χ2v) is 6.26. The maximum atomic E-state index is 5.40. The van der Waals surface area contributed by atoms with E-state index in [0.717, 1.165) is 16.7 Å². The molecule has 0 aliphatic rings. The number of methoxy groups -OCH3 is 4. The first kappa shape index (κ1) is 19.3. The van der Waals surface area contributed by atoms with Crippen molar-refractivity contribution < 1.29 is 18.9 Å². The lowest BCUT2D eigenvalue weighted by Crippen LogP contribution is -2.02. The van der Waals surface area contributed by atoms with Gasteiger partial charge in [-0.2, -0.15) is 4.98 Å². The molecule has 1 aromatic carbocycles. The summed E-state index contributed by atoms with van der Waals surface area (Å²) in [6, 6.07) is 9.25. The minimum absolute atomic E-state index is 0.429. The maximum absolute atomic E-state index is 5.40. The van der Waals surface area contributed by atoms with Gasteiger partial charge in [0.25, 0.3) is 0 Å². The number of nitrogens with zero attached hydrogens (tertiary/aromatic N) is 4. The van der Waals surface area contributed by atoms with Crippen LogP contribution in [0.1, 0.15) is 0 Å². The molecule has 9 heteroatoms. The first-order valence-corrected chi connectivity index (χ1v) is 9.08. The molecule has 0 aliphatic carbocycles. The Labute approximate surface area is 173 Å². The van der Waals surface area contributed by atoms with E-state index in [0.29, 0.717) is 34.8 Å². The summed E-state index contributed by atoms with van der Waals surface area (Å²) in [4.78, 5) is 13.3. The van der Waals surface area contributed by atoms with Gasteiger partial charge in [-0.3, -0.25) is 4.57 Å². The van der Waals surface area contributed by atoms with Crippen LogP contribution >= 0.6 is 0 Å². The highest BCUT2D eigenvalue weighted by Crippen LogP contribution is 2.40. The van der Waals surface area contributed by atoms with Gasteiger partial charge in [-0.1, -0.05) is 0 Å². The SMILES string of the molecule is COc1ccc(-n2ccc3cnc(Nc4cc(OC)c(OC)c(OC)c4)nc32)cn1. The number of hydrogen-bond acceptors (Lipinski definition) is 8. The van der Waals surface area contributed by atoms with Crippen molar-refractivity contribution in [1.29, 1.82) is 0 Å². The molecule has 4 rings (SSSR count). The van der Waals surface area contributed by atoms with Crippen molar-refractivity contribution in [3.8, 4) is 28.8 Å². The van der Waals surface area contributed by atoms with Crippen LogP contribution in [0, 0.1) is 0 Å². The Balaban J connectivity index is 1.70. The zero-order valence-corrected chi connectivity index (χ0v) is 17.0. The van der Waals surface area contributed by atoms with E-state index in [4.69, 9.17) is 18.9 Å². The molecule has 0 atom stereocenters. The van der Waals surface area contributed by atoms with Crippen LogP contribution in [0.5, 0.6) is 23.1 Å². The number of hydrogen-bond donors (Lipinski definition) is 1. The topological polar surface area (TPSA) is 92.6 Å². The number of aromatic nitrogens is 4. The van der Waals surface area contributed by atoms with Gasteiger partial charge < -0.3 is 24.3 Å². The van der Waals surface area contributed by atoms with E-state index in [1.54, 1.807) is 59.0 Å². The molecule has 0 aliphatic heterocycles. The maximum Gasteiger partial charge on any atom is 0.229 e. The zero-order chi connectivity index (χ0) is 21.1. The molecular formula is C21H21N5O4. The summed E-state index contributed by atoms with van der Waals surface area (Å²) < 4.78 is 23.2. The fourth-order valence-electron chi connectivity index (χ4n) is 3.10. The Morgan fingerprint density at radius 3 is 2.20 bits per heavy atom. The Hall–Kier alpha value is -4.01. The highest BCUT2D eigenvalue weighted by Gasteiger charge is 2.14. The average molecular weight is 407 g/mol. The van der Waals surface area contributed by atoms with Crippen molar-refractivity contribution in [2.45, 2.75) is 0 Å².